The van der Waals surface area contributed by atoms with Crippen LogP contribution in [0.2, 0.25) is 0 Å². The second-order valence-corrected chi connectivity index (χ2v) is 59.1. The maximum atomic E-state index is 6.29. The zero-order valence-corrected chi connectivity index (χ0v) is 30.1. The SMILES string of the molecule is CO[PH](OC)(OC)[Fe]([PH](OC)(OC)OC)([PH](OC)(OC)OC)([PH](OC)(OC)OC)[PH](OC)(OC)OC. The summed E-state index contributed by atoms with van der Waals surface area (Å²) in [6.45, 7) is -22.8. The second-order valence-electron chi connectivity index (χ2n) is 6.28. The fourth-order valence-corrected chi connectivity index (χ4v) is 133. The van der Waals surface area contributed by atoms with Gasteiger partial charge in [0.2, 0.25) is 0 Å². The first-order chi connectivity index (χ1) is 17.0. The summed E-state index contributed by atoms with van der Waals surface area (Å²) < 4.78 is 94.3. The Bertz CT molecular complexity index is 484. The summed E-state index contributed by atoms with van der Waals surface area (Å²) in [5.74, 6) is 0. The fourth-order valence-electron chi connectivity index (χ4n) is 4.74. The third-order valence-corrected chi connectivity index (χ3v) is 101. The summed E-state index contributed by atoms with van der Waals surface area (Å²) >= 11 is 0. The van der Waals surface area contributed by atoms with Crippen molar-refractivity contribution >= 4 is 33.2 Å². The van der Waals surface area contributed by atoms with Crippen molar-refractivity contribution in [1.82, 2.24) is 0 Å². The second kappa shape index (κ2) is 14.8. The quantitative estimate of drug-likeness (QED) is 0.132. The minimum absolute atomic E-state index is 1.38. The van der Waals surface area contributed by atoms with Crippen molar-refractivity contribution in [3.8, 4) is 0 Å². The van der Waals surface area contributed by atoms with Crippen molar-refractivity contribution in [2.45, 2.75) is 0 Å². The Morgan fingerprint density at radius 1 is 0.222 bits per heavy atom. The van der Waals surface area contributed by atoms with Gasteiger partial charge in [0.1, 0.15) is 0 Å². The zero-order valence-electron chi connectivity index (χ0n) is 24.0. The van der Waals surface area contributed by atoms with Gasteiger partial charge in [-0.05, 0) is 0 Å². The molecule has 15 nitrogen and oxygen atoms in total. The minimum atomic E-state index is -5.66. The first kappa shape index (κ1) is 38.1. The third-order valence-electron chi connectivity index (χ3n) is 5.75. The van der Waals surface area contributed by atoms with E-state index in [4.69, 9.17) is 67.9 Å². The Morgan fingerprint density at radius 2 is 0.306 bits per heavy atom. The number of hydrogen-bond donors (Lipinski definition) is 0. The summed E-state index contributed by atoms with van der Waals surface area (Å²) in [4.78, 5) is 0. The van der Waals surface area contributed by atoms with Crippen LogP contribution in [0.25, 0.3) is 0 Å². The fraction of sp³-hybridized carbons (Fsp3) is 1.00. The molecular weight excluding hydrogens is 631 g/mol. The van der Waals surface area contributed by atoms with E-state index in [-0.39, 0.29) is 0 Å². The van der Waals surface area contributed by atoms with Crippen molar-refractivity contribution in [1.29, 1.82) is 0 Å². The molecule has 0 spiro atoms. The van der Waals surface area contributed by atoms with Gasteiger partial charge in [-0.25, -0.2) is 0 Å². The predicted octanol–water partition coefficient (Wildman–Crippen LogP) is 4.42. The molecule has 0 aromatic carbocycles. The van der Waals surface area contributed by atoms with Crippen LogP contribution in [-0.2, 0) is 77.4 Å². The van der Waals surface area contributed by atoms with Crippen LogP contribution in [0.15, 0.2) is 0 Å². The molecule has 0 aliphatic rings. The van der Waals surface area contributed by atoms with Crippen LogP contribution in [0.5, 0.6) is 0 Å². The van der Waals surface area contributed by atoms with Crippen LogP contribution in [0.3, 0.4) is 0 Å². The molecule has 0 N–H and O–H groups in total. The maximum absolute atomic E-state index is 6.29. The molecule has 0 amide bonds. The molecule has 0 aromatic rings. The summed E-state index contributed by atoms with van der Waals surface area (Å²) in [5, 5.41) is 0. The number of rotatable bonds is 20. The van der Waals surface area contributed by atoms with Gasteiger partial charge in [0.25, 0.3) is 0 Å². The molecule has 0 bridgehead atoms. The van der Waals surface area contributed by atoms with Crippen LogP contribution in [-0.4, -0.2) is 107 Å². The van der Waals surface area contributed by atoms with E-state index in [1.165, 1.54) is 107 Å². The molecule has 0 saturated heterocycles. The van der Waals surface area contributed by atoms with Gasteiger partial charge in [-0.1, -0.05) is 0 Å². The van der Waals surface area contributed by atoms with Crippen LogP contribution >= 0.6 is 33.2 Å². The molecule has 0 aromatic heterocycles. The van der Waals surface area contributed by atoms with Crippen molar-refractivity contribution < 1.29 is 77.4 Å². The van der Waals surface area contributed by atoms with Crippen molar-refractivity contribution in [3.63, 3.8) is 0 Å². The van der Waals surface area contributed by atoms with Crippen molar-refractivity contribution in [3.05, 3.63) is 0 Å². The summed E-state index contributed by atoms with van der Waals surface area (Å²) in [7, 11) is 15.0. The molecule has 0 heterocycles. The summed E-state index contributed by atoms with van der Waals surface area (Å²) in [6.07, 6.45) is 0. The van der Waals surface area contributed by atoms with E-state index < -0.39 is 42.7 Å². The van der Waals surface area contributed by atoms with E-state index in [0.29, 0.717) is 0 Å². The topological polar surface area (TPSA) is 138 Å². The van der Waals surface area contributed by atoms with Gasteiger partial charge < -0.3 is 0 Å². The van der Waals surface area contributed by atoms with Crippen molar-refractivity contribution in [2.75, 3.05) is 107 Å². The molecule has 0 aliphatic heterocycles. The van der Waals surface area contributed by atoms with Gasteiger partial charge in [-0.3, -0.25) is 0 Å². The molecule has 36 heavy (non-hydrogen) atoms. The molecule has 0 rings (SSSR count). The number of hydrogen-bond acceptors (Lipinski definition) is 15. The van der Waals surface area contributed by atoms with Gasteiger partial charge in [0.15, 0.2) is 0 Å². The Hall–Kier alpha value is 2.07. The van der Waals surface area contributed by atoms with Crippen molar-refractivity contribution in [2.24, 2.45) is 0 Å². The van der Waals surface area contributed by atoms with E-state index in [9.17, 15) is 0 Å². The Labute approximate surface area is 217 Å². The monoisotopic (exact) mass is 681 g/mol. The average Bonchev–Trinajstić information content (AvgIpc) is 2.94. The zero-order chi connectivity index (χ0) is 28.6. The first-order valence-corrected chi connectivity index (χ1v) is 26.2. The predicted molar refractivity (Wildman–Crippen MR) is 147 cm³/mol. The van der Waals surface area contributed by atoms with Gasteiger partial charge in [0, 0.05) is 0 Å². The molecule has 233 valence electrons. The molecule has 0 radical (unpaired) electrons. The van der Waals surface area contributed by atoms with E-state index in [2.05, 4.69) is 0 Å². The Balaban J connectivity index is 9.93. The van der Waals surface area contributed by atoms with Gasteiger partial charge in [-0.2, -0.15) is 0 Å². The van der Waals surface area contributed by atoms with Crippen LogP contribution < -0.4 is 0 Å². The van der Waals surface area contributed by atoms with Crippen LogP contribution in [0.4, 0.5) is 0 Å². The molecule has 0 atom stereocenters. The van der Waals surface area contributed by atoms with Crippen LogP contribution in [0, 0.1) is 0 Å². The van der Waals surface area contributed by atoms with E-state index in [1.807, 2.05) is 0 Å². The van der Waals surface area contributed by atoms with E-state index >= 15 is 0 Å². The average molecular weight is 681 g/mol. The first-order valence-electron chi connectivity index (χ1n) is 10.1. The third kappa shape index (κ3) is 3.87. The Kier molecular flexibility index (Phi) is 15.7. The van der Waals surface area contributed by atoms with E-state index in [0.717, 1.165) is 0 Å². The molecule has 21 heteroatoms. The Morgan fingerprint density at radius 3 is 0.361 bits per heavy atom. The molecule has 0 fully saturated rings. The van der Waals surface area contributed by atoms with Gasteiger partial charge in [0.05, 0.1) is 0 Å². The van der Waals surface area contributed by atoms with Gasteiger partial charge >= 0.3 is 217 Å². The molecule has 0 unspecified atom stereocenters. The summed E-state index contributed by atoms with van der Waals surface area (Å²) in [5.41, 5.74) is 0. The molecule has 0 aliphatic carbocycles. The van der Waals surface area contributed by atoms with E-state index in [1.54, 1.807) is 0 Å². The molecular formula is C15H50FeO15P5. The summed E-state index contributed by atoms with van der Waals surface area (Å²) in [6, 6.07) is 0. The molecule has 0 saturated carbocycles. The standard InChI is InChI=1S/5C3H10O3P.Fe/c5*1-4-7(5-2)6-3;/h5*7H,1-3H3;/q5*+1;-5. The van der Waals surface area contributed by atoms with Crippen LogP contribution in [0.1, 0.15) is 0 Å². The van der Waals surface area contributed by atoms with Gasteiger partial charge in [-0.15, -0.1) is 0 Å². The normalized spacial score (nSPS) is 17.9.